The maximum Gasteiger partial charge on any atom is 0.218 e. The molecule has 36 heavy (non-hydrogen) atoms. The van der Waals surface area contributed by atoms with Crippen molar-refractivity contribution >= 4 is 26.8 Å². The number of aliphatic hydroxyl groups excluding tert-OH is 2. The zero-order chi connectivity index (χ0) is 27.9. The normalized spacial score (nSPS) is 37.1. The average molecular weight is 564 g/mol. The second-order valence-corrected chi connectivity index (χ2v) is 11.7. The zero-order valence-corrected chi connectivity index (χ0v) is 21.4. The number of quaternary nitrogens is 1. The fraction of sp³-hybridized carbons (Fsp3) is 0.833. The van der Waals surface area contributed by atoms with Crippen molar-refractivity contribution in [3.05, 3.63) is 11.8 Å². The number of carboxylic acids is 1. The largest absolute Gasteiger partial charge is 0.726 e. The second kappa shape index (κ2) is 10.4. The first-order valence-electron chi connectivity index (χ1n) is 10.4. The highest BCUT2D eigenvalue weighted by molar-refractivity contribution is 7.81. The van der Waals surface area contributed by atoms with Crippen LogP contribution in [0.3, 0.4) is 0 Å². The molecule has 2 heterocycles. The molecular weight excluding hydrogens is 534 g/mol. The minimum Gasteiger partial charge on any atom is -0.726 e. The van der Waals surface area contributed by atoms with E-state index in [9.17, 15) is 46.1 Å². The average Bonchev–Trinajstić information content (AvgIpc) is 2.70. The lowest BCUT2D eigenvalue weighted by molar-refractivity contribution is -0.498. The number of hydrogen-bond donors (Lipinski definition) is 3. The van der Waals surface area contributed by atoms with Gasteiger partial charge in [0.05, 0.1) is 31.3 Å². The van der Waals surface area contributed by atoms with Crippen molar-refractivity contribution < 1.29 is 74.4 Å². The second-order valence-electron chi connectivity index (χ2n) is 9.60. The molecule has 0 aromatic rings. The Labute approximate surface area is 207 Å². The number of ether oxygens (including phenoxy) is 3. The lowest BCUT2D eigenvalue weighted by atomic mass is 9.70. The monoisotopic (exact) mass is 563 g/mol. The summed E-state index contributed by atoms with van der Waals surface area (Å²) < 4.78 is 91.9. The summed E-state index contributed by atoms with van der Waals surface area (Å²) in [7, 11) is -10.5. The molecule has 3 unspecified atom stereocenters. The van der Waals surface area contributed by atoms with Crippen molar-refractivity contribution in [1.82, 2.24) is 0 Å². The van der Waals surface area contributed by atoms with Gasteiger partial charge in [0.15, 0.2) is 5.60 Å². The summed E-state index contributed by atoms with van der Waals surface area (Å²) in [5.74, 6) is -2.74. The number of aliphatic hydroxyl groups is 2. The highest BCUT2D eigenvalue weighted by atomic mass is 32.3. The van der Waals surface area contributed by atoms with Crippen LogP contribution in [0.4, 0.5) is 0 Å². The van der Waals surface area contributed by atoms with E-state index in [0.29, 0.717) is 6.08 Å². The van der Waals surface area contributed by atoms with Crippen LogP contribution in [0.5, 0.6) is 0 Å². The highest BCUT2D eigenvalue weighted by Gasteiger charge is 2.57. The Bertz CT molecular complexity index is 1070. The van der Waals surface area contributed by atoms with E-state index in [1.807, 2.05) is 0 Å². The fourth-order valence-corrected chi connectivity index (χ4v) is 4.96. The van der Waals surface area contributed by atoms with Crippen LogP contribution >= 0.6 is 0 Å². The summed E-state index contributed by atoms with van der Waals surface area (Å²) in [5.41, 5.74) is -0.782. The fourth-order valence-electron chi connectivity index (χ4n) is 4.09. The molecule has 16 nitrogen and oxygen atoms in total. The Morgan fingerprint density at radius 1 is 1.11 bits per heavy atom. The molecule has 18 heteroatoms. The molecule has 7 atom stereocenters. The van der Waals surface area contributed by atoms with Crippen LogP contribution < -0.4 is 10.8 Å². The molecule has 5 N–H and O–H groups in total. The molecule has 0 saturated carbocycles. The van der Waals surface area contributed by atoms with Gasteiger partial charge in [-0.1, -0.05) is 6.92 Å². The van der Waals surface area contributed by atoms with Gasteiger partial charge in [-0.15, -0.1) is 0 Å². The maximum atomic E-state index is 11.3. The van der Waals surface area contributed by atoms with Crippen molar-refractivity contribution in [1.29, 1.82) is 0 Å². The molecule has 1 saturated heterocycles. The zero-order valence-electron chi connectivity index (χ0n) is 19.8. The van der Waals surface area contributed by atoms with E-state index >= 15 is 0 Å². The van der Waals surface area contributed by atoms with Crippen LogP contribution in [0.2, 0.25) is 0 Å². The summed E-state index contributed by atoms with van der Waals surface area (Å²) in [5, 5.41) is 32.4. The quantitative estimate of drug-likeness (QED) is 0.166. The van der Waals surface area contributed by atoms with Gasteiger partial charge in [0, 0.05) is 0 Å². The Kier molecular flexibility index (Phi) is 8.86. The molecule has 2 rings (SSSR count). The molecule has 2 aliphatic rings. The topological polar surface area (TPSA) is 269 Å². The summed E-state index contributed by atoms with van der Waals surface area (Å²) in [6.07, 6.45) is -5.84. The van der Waals surface area contributed by atoms with Crippen LogP contribution in [-0.2, 0) is 48.2 Å². The van der Waals surface area contributed by atoms with Crippen molar-refractivity contribution in [2.45, 2.75) is 69.4 Å². The molecule has 0 spiro atoms. The smallest absolute Gasteiger partial charge is 0.218 e. The van der Waals surface area contributed by atoms with Gasteiger partial charge in [0.2, 0.25) is 20.8 Å². The molecule has 0 aliphatic carbocycles. The van der Waals surface area contributed by atoms with Gasteiger partial charge in [-0.3, -0.25) is 8.37 Å². The van der Waals surface area contributed by atoms with Crippen molar-refractivity contribution in [2.24, 2.45) is 5.41 Å². The number of carbonyl (C=O) groups excluding carboxylic acids is 1. The molecule has 0 bridgehead atoms. The molecular formula is C18H29NO15S2-2. The van der Waals surface area contributed by atoms with Crippen LogP contribution in [0.25, 0.3) is 0 Å². The van der Waals surface area contributed by atoms with Gasteiger partial charge < -0.3 is 49.2 Å². The highest BCUT2D eigenvalue weighted by Crippen LogP contribution is 2.41. The van der Waals surface area contributed by atoms with Gasteiger partial charge in [-0.2, -0.15) is 0 Å². The number of hydrogen-bond acceptors (Lipinski definition) is 15. The summed E-state index contributed by atoms with van der Waals surface area (Å²) >= 11 is 0. The van der Waals surface area contributed by atoms with E-state index in [-0.39, 0.29) is 0 Å². The summed E-state index contributed by atoms with van der Waals surface area (Å²) in [6.45, 7) is 3.67. The van der Waals surface area contributed by atoms with Gasteiger partial charge >= 0.3 is 0 Å². The number of carboxylic acid groups (broad SMARTS) is 1. The first kappa shape index (κ1) is 30.8. The standard InChI is InChI=1S/C18H31NO15S2/c1-16(2)12(19)13(21)17(3,11(33-16)6-31-35(24,25)26)7-30-8-18(4)14(34-36(27,28)29)9(20)5-10(32-18)15(22)23/h5,9,11-14,20-21H,6-8,19H2,1-4H3,(H,22,23)(H,24,25,26)(H,27,28,29)/p-2/t9-,11?,12?,13+,14?,17+,18+/m0/s1. The lowest BCUT2D eigenvalue weighted by Gasteiger charge is -2.52. The molecule has 0 aromatic heterocycles. The Hall–Kier alpha value is -1.45. The third-order valence-electron chi connectivity index (χ3n) is 6.30. The predicted octanol–water partition coefficient (Wildman–Crippen LogP) is -4.74. The number of aliphatic carboxylic acids is 1. The molecule has 0 amide bonds. The van der Waals surface area contributed by atoms with E-state index in [0.717, 1.165) is 6.92 Å². The van der Waals surface area contributed by atoms with E-state index in [2.05, 4.69) is 14.1 Å². The molecule has 210 valence electrons. The van der Waals surface area contributed by atoms with Gasteiger partial charge in [-0.05, 0) is 26.8 Å². The minimum absolute atomic E-state index is 0.487. The van der Waals surface area contributed by atoms with Crippen LogP contribution in [0, 0.1) is 5.41 Å². The van der Waals surface area contributed by atoms with Gasteiger partial charge in [0.25, 0.3) is 0 Å². The Morgan fingerprint density at radius 3 is 2.19 bits per heavy atom. The first-order chi connectivity index (χ1) is 16.1. The first-order valence-corrected chi connectivity index (χ1v) is 13.1. The van der Waals surface area contributed by atoms with Gasteiger partial charge in [0.1, 0.15) is 41.7 Å². The molecule has 0 radical (unpaired) electrons. The van der Waals surface area contributed by atoms with E-state index in [1.165, 1.54) is 6.92 Å². The lowest BCUT2D eigenvalue weighted by Crippen LogP contribution is -2.82. The van der Waals surface area contributed by atoms with E-state index in [4.69, 9.17) is 14.2 Å². The maximum absolute atomic E-state index is 11.3. The number of carbonyl (C=O) groups is 1. The van der Waals surface area contributed by atoms with Crippen LogP contribution in [0.1, 0.15) is 27.7 Å². The third-order valence-corrected chi connectivity index (χ3v) is 7.16. The SMILES string of the molecule is CC1(C)OC(COS(=O)(=O)[O-])[C@@](C)(COC[C@@]2(C)OC(C(=O)[O-])=C[C@H](O)C2OS(=O)(=O)[O-])[C@H](O)C1[NH3+]. The Morgan fingerprint density at radius 2 is 1.69 bits per heavy atom. The molecule has 0 aromatic carbocycles. The van der Waals surface area contributed by atoms with E-state index < -0.39 is 99.4 Å². The minimum atomic E-state index is -5.39. The van der Waals surface area contributed by atoms with Crippen LogP contribution in [-0.4, -0.2) is 104 Å². The predicted molar refractivity (Wildman–Crippen MR) is 109 cm³/mol. The number of rotatable bonds is 10. The van der Waals surface area contributed by atoms with Crippen LogP contribution in [0.15, 0.2) is 11.8 Å². The van der Waals surface area contributed by atoms with Crippen molar-refractivity contribution in [2.75, 3.05) is 19.8 Å². The van der Waals surface area contributed by atoms with E-state index in [1.54, 1.807) is 13.8 Å². The van der Waals surface area contributed by atoms with Crippen molar-refractivity contribution in [3.63, 3.8) is 0 Å². The molecule has 1 fully saturated rings. The van der Waals surface area contributed by atoms with Gasteiger partial charge in [-0.25, -0.2) is 16.8 Å². The third kappa shape index (κ3) is 7.10. The molecule has 2 aliphatic heterocycles. The summed E-state index contributed by atoms with van der Waals surface area (Å²) in [4.78, 5) is 11.3. The van der Waals surface area contributed by atoms with Crippen molar-refractivity contribution in [3.8, 4) is 0 Å². The summed E-state index contributed by atoms with van der Waals surface area (Å²) in [6, 6.07) is -0.788. The Balaban J connectivity index is 2.31.